The first-order chi connectivity index (χ1) is 12.0. The van der Waals surface area contributed by atoms with Crippen molar-refractivity contribution in [1.29, 1.82) is 5.26 Å². The SMILES string of the molecule is Cc1ccc2c(-c3c(C#N)c(N)nc4c3CN(C)C[C@H]4C)c[nH]c2c1. The van der Waals surface area contributed by atoms with E-state index in [1.54, 1.807) is 0 Å². The molecule has 0 bridgehead atoms. The Hall–Kier alpha value is -2.84. The van der Waals surface area contributed by atoms with Crippen molar-refractivity contribution < 1.29 is 0 Å². The van der Waals surface area contributed by atoms with Crippen molar-refractivity contribution in [1.82, 2.24) is 14.9 Å². The van der Waals surface area contributed by atoms with Gasteiger partial charge in [0.1, 0.15) is 17.5 Å². The first kappa shape index (κ1) is 15.7. The Kier molecular flexibility index (Phi) is 3.52. The number of nitrogen functional groups attached to an aromatic ring is 1. The van der Waals surface area contributed by atoms with Gasteiger partial charge in [-0.25, -0.2) is 4.98 Å². The van der Waals surface area contributed by atoms with Crippen LogP contribution in [0.1, 0.15) is 35.2 Å². The zero-order valence-electron chi connectivity index (χ0n) is 14.7. The zero-order chi connectivity index (χ0) is 17.7. The van der Waals surface area contributed by atoms with Crippen molar-refractivity contribution >= 4 is 16.7 Å². The van der Waals surface area contributed by atoms with Gasteiger partial charge in [-0.1, -0.05) is 19.1 Å². The van der Waals surface area contributed by atoms with E-state index in [0.717, 1.165) is 46.4 Å². The van der Waals surface area contributed by atoms with E-state index in [4.69, 9.17) is 5.73 Å². The van der Waals surface area contributed by atoms with Crippen molar-refractivity contribution in [3.05, 3.63) is 46.8 Å². The molecular formula is C20H21N5. The molecule has 1 atom stereocenters. The van der Waals surface area contributed by atoms with Crippen LogP contribution < -0.4 is 5.73 Å². The maximum Gasteiger partial charge on any atom is 0.142 e. The Balaban J connectivity index is 2.08. The number of benzene rings is 1. The second-order valence-corrected chi connectivity index (χ2v) is 7.07. The highest BCUT2D eigenvalue weighted by Gasteiger charge is 2.28. The van der Waals surface area contributed by atoms with Gasteiger partial charge >= 0.3 is 0 Å². The number of aryl methyl sites for hydroxylation is 1. The number of likely N-dealkylation sites (N-methyl/N-ethyl adjacent to an activating group) is 1. The Morgan fingerprint density at radius 1 is 1.40 bits per heavy atom. The van der Waals surface area contributed by atoms with Gasteiger partial charge in [0.05, 0.1) is 5.69 Å². The summed E-state index contributed by atoms with van der Waals surface area (Å²) in [6, 6.07) is 8.61. The van der Waals surface area contributed by atoms with Crippen molar-refractivity contribution in [3.8, 4) is 17.2 Å². The summed E-state index contributed by atoms with van der Waals surface area (Å²) in [7, 11) is 2.10. The lowest BCUT2D eigenvalue weighted by Gasteiger charge is -2.31. The van der Waals surface area contributed by atoms with Crippen LogP contribution in [0.5, 0.6) is 0 Å². The fourth-order valence-corrected chi connectivity index (χ4v) is 3.97. The van der Waals surface area contributed by atoms with E-state index in [2.05, 4.69) is 60.0 Å². The number of nitrogens with zero attached hydrogens (tertiary/aromatic N) is 3. The topological polar surface area (TPSA) is 81.7 Å². The molecule has 0 radical (unpaired) electrons. The number of aromatic amines is 1. The molecule has 4 rings (SSSR count). The quantitative estimate of drug-likeness (QED) is 0.714. The van der Waals surface area contributed by atoms with Gasteiger partial charge in [0.25, 0.3) is 0 Å². The van der Waals surface area contributed by atoms with Gasteiger partial charge in [-0.3, -0.25) is 0 Å². The number of rotatable bonds is 1. The predicted molar refractivity (Wildman–Crippen MR) is 100 cm³/mol. The van der Waals surface area contributed by atoms with Crippen LogP contribution in [0.15, 0.2) is 24.4 Å². The molecule has 3 N–H and O–H groups in total. The number of nitrogens with one attached hydrogen (secondary N) is 1. The van der Waals surface area contributed by atoms with Crippen molar-refractivity contribution in [2.75, 3.05) is 19.3 Å². The number of aromatic nitrogens is 2. The molecule has 1 aliphatic rings. The molecule has 3 heterocycles. The molecule has 3 aromatic rings. The molecule has 0 saturated carbocycles. The van der Waals surface area contributed by atoms with E-state index in [0.29, 0.717) is 11.4 Å². The molecule has 25 heavy (non-hydrogen) atoms. The van der Waals surface area contributed by atoms with Crippen LogP contribution in [0.25, 0.3) is 22.0 Å². The van der Waals surface area contributed by atoms with Crippen LogP contribution in [-0.4, -0.2) is 28.5 Å². The number of hydrogen-bond donors (Lipinski definition) is 2. The highest BCUT2D eigenvalue weighted by atomic mass is 15.1. The summed E-state index contributed by atoms with van der Waals surface area (Å²) >= 11 is 0. The van der Waals surface area contributed by atoms with Gasteiger partial charge in [-0.2, -0.15) is 5.26 Å². The number of anilines is 1. The minimum atomic E-state index is 0.287. The van der Waals surface area contributed by atoms with Crippen LogP contribution in [-0.2, 0) is 6.54 Å². The minimum Gasteiger partial charge on any atom is -0.383 e. The first-order valence-corrected chi connectivity index (χ1v) is 8.48. The second-order valence-electron chi connectivity index (χ2n) is 7.07. The standard InChI is InChI=1S/C20H21N5/c1-11-4-5-13-15(8-23-17(13)6-11)18-14(7-21)20(22)24-19-12(2)9-25(3)10-16(18)19/h4-6,8,12,23H,9-10H2,1-3H3,(H2,22,24)/t12-/m1/s1. The summed E-state index contributed by atoms with van der Waals surface area (Å²) in [4.78, 5) is 10.2. The van der Waals surface area contributed by atoms with Crippen LogP contribution >= 0.6 is 0 Å². The number of H-pyrrole nitrogens is 1. The fourth-order valence-electron chi connectivity index (χ4n) is 3.97. The summed E-state index contributed by atoms with van der Waals surface area (Å²) in [6.07, 6.45) is 1.99. The van der Waals surface area contributed by atoms with Crippen molar-refractivity contribution in [2.24, 2.45) is 0 Å². The highest BCUT2D eigenvalue weighted by Crippen LogP contribution is 2.40. The van der Waals surface area contributed by atoms with Gasteiger partial charge in [0.2, 0.25) is 0 Å². The van der Waals surface area contributed by atoms with Gasteiger partial charge in [-0.15, -0.1) is 0 Å². The third-order valence-electron chi connectivity index (χ3n) is 5.06. The Bertz CT molecular complexity index is 1020. The molecule has 5 nitrogen and oxygen atoms in total. The normalized spacial score (nSPS) is 17.4. The largest absolute Gasteiger partial charge is 0.383 e. The number of nitrogens with two attached hydrogens (primary N) is 1. The smallest absolute Gasteiger partial charge is 0.142 e. The zero-order valence-corrected chi connectivity index (χ0v) is 14.7. The summed E-state index contributed by atoms with van der Waals surface area (Å²) in [6.45, 7) is 5.95. The maximum absolute atomic E-state index is 9.75. The summed E-state index contributed by atoms with van der Waals surface area (Å²) in [5.74, 6) is 0.615. The van der Waals surface area contributed by atoms with Crippen molar-refractivity contribution in [2.45, 2.75) is 26.3 Å². The van der Waals surface area contributed by atoms with E-state index >= 15 is 0 Å². The van der Waals surface area contributed by atoms with Crippen molar-refractivity contribution in [3.63, 3.8) is 0 Å². The number of pyridine rings is 1. The molecule has 5 heteroatoms. The molecule has 0 spiro atoms. The van der Waals surface area contributed by atoms with Crippen LogP contribution in [0.2, 0.25) is 0 Å². The Morgan fingerprint density at radius 2 is 2.20 bits per heavy atom. The third-order valence-corrected chi connectivity index (χ3v) is 5.06. The Morgan fingerprint density at radius 3 is 2.96 bits per heavy atom. The van der Waals surface area contributed by atoms with Gasteiger partial charge < -0.3 is 15.6 Å². The predicted octanol–water partition coefficient (Wildman–Crippen LogP) is 3.54. The van der Waals surface area contributed by atoms with E-state index in [1.807, 2.05) is 6.20 Å². The lowest BCUT2D eigenvalue weighted by Crippen LogP contribution is -2.31. The van der Waals surface area contributed by atoms with E-state index in [1.165, 1.54) is 5.56 Å². The van der Waals surface area contributed by atoms with Crippen LogP contribution in [0.3, 0.4) is 0 Å². The maximum atomic E-state index is 9.75. The molecule has 0 amide bonds. The average Bonchev–Trinajstić information content (AvgIpc) is 2.97. The molecule has 0 fully saturated rings. The monoisotopic (exact) mass is 331 g/mol. The van der Waals surface area contributed by atoms with Crippen LogP contribution in [0.4, 0.5) is 5.82 Å². The third kappa shape index (κ3) is 2.38. The fraction of sp³-hybridized carbons (Fsp3) is 0.300. The molecule has 126 valence electrons. The summed E-state index contributed by atoms with van der Waals surface area (Å²) < 4.78 is 0. The molecule has 0 aliphatic carbocycles. The van der Waals surface area contributed by atoms with E-state index in [9.17, 15) is 5.26 Å². The number of fused-ring (bicyclic) bond motifs is 2. The minimum absolute atomic E-state index is 0.287. The number of hydrogen-bond acceptors (Lipinski definition) is 4. The number of nitriles is 1. The summed E-state index contributed by atoms with van der Waals surface area (Å²) in [5.41, 5.74) is 13.0. The molecule has 0 saturated heterocycles. The van der Waals surface area contributed by atoms with E-state index in [-0.39, 0.29) is 5.92 Å². The molecule has 1 aliphatic heterocycles. The molecular weight excluding hydrogens is 310 g/mol. The summed E-state index contributed by atoms with van der Waals surface area (Å²) in [5, 5.41) is 10.9. The first-order valence-electron chi connectivity index (χ1n) is 8.48. The van der Waals surface area contributed by atoms with Gasteiger partial charge in [0.15, 0.2) is 0 Å². The van der Waals surface area contributed by atoms with Crippen LogP contribution in [0, 0.1) is 18.3 Å². The average molecular weight is 331 g/mol. The second kappa shape index (κ2) is 5.61. The van der Waals surface area contributed by atoms with Gasteiger partial charge in [0, 0.05) is 47.2 Å². The highest BCUT2D eigenvalue weighted by molar-refractivity contribution is 5.99. The molecule has 1 aromatic carbocycles. The molecule has 2 aromatic heterocycles. The molecule has 0 unspecified atom stereocenters. The van der Waals surface area contributed by atoms with Gasteiger partial charge in [-0.05, 0) is 31.2 Å². The lowest BCUT2D eigenvalue weighted by molar-refractivity contribution is 0.285. The Labute approximate surface area is 147 Å². The lowest BCUT2D eigenvalue weighted by atomic mass is 9.87. The van der Waals surface area contributed by atoms with E-state index < -0.39 is 0 Å².